The second-order valence-electron chi connectivity index (χ2n) is 10.2. The molecule has 1 aliphatic carbocycles. The Kier molecular flexibility index (Phi) is 9.13. The summed E-state index contributed by atoms with van der Waals surface area (Å²) in [5, 5.41) is 2.94. The van der Waals surface area contributed by atoms with E-state index in [2.05, 4.69) is 5.32 Å². The fraction of sp³-hybridized carbons (Fsp3) is 0.654. The first-order valence-corrected chi connectivity index (χ1v) is 12.4. The van der Waals surface area contributed by atoms with Crippen LogP contribution in [0.4, 0.5) is 5.69 Å². The lowest BCUT2D eigenvalue weighted by Crippen LogP contribution is -2.50. The summed E-state index contributed by atoms with van der Waals surface area (Å²) in [6, 6.07) is 4.95. The standard InChI is InChI=1S/C26H40N4O5/c1-17-13-30(24(31)15-28(3)4)18(2)16-35-22-11-10-20(27-25(32)19-8-7-9-19)12-21(22)26(33)29(5)14-23(17)34-6/h10-12,17-19,23H,7-9,13-16H2,1-6H3,(H,27,32)/t17-,18+,23+/m1/s1. The van der Waals surface area contributed by atoms with E-state index in [1.807, 2.05) is 37.7 Å². The van der Waals surface area contributed by atoms with E-state index in [9.17, 15) is 14.4 Å². The van der Waals surface area contributed by atoms with Crippen molar-refractivity contribution in [2.45, 2.75) is 45.3 Å². The summed E-state index contributed by atoms with van der Waals surface area (Å²) in [6.07, 6.45) is 2.62. The van der Waals surface area contributed by atoms with Gasteiger partial charge in [0.15, 0.2) is 0 Å². The van der Waals surface area contributed by atoms with Gasteiger partial charge < -0.3 is 29.5 Å². The smallest absolute Gasteiger partial charge is 0.257 e. The maximum atomic E-state index is 13.4. The van der Waals surface area contributed by atoms with Crippen molar-refractivity contribution in [3.8, 4) is 5.75 Å². The number of fused-ring (bicyclic) bond motifs is 1. The van der Waals surface area contributed by atoms with Crippen LogP contribution < -0.4 is 10.1 Å². The van der Waals surface area contributed by atoms with Crippen LogP contribution in [0.5, 0.6) is 5.75 Å². The third-order valence-corrected chi connectivity index (χ3v) is 6.96. The van der Waals surface area contributed by atoms with Gasteiger partial charge in [0.25, 0.3) is 5.91 Å². The molecule has 3 rings (SSSR count). The Morgan fingerprint density at radius 1 is 1.20 bits per heavy atom. The minimum absolute atomic E-state index is 0.00388. The van der Waals surface area contributed by atoms with E-state index in [1.54, 1.807) is 37.3 Å². The van der Waals surface area contributed by atoms with Gasteiger partial charge in [-0.2, -0.15) is 0 Å². The molecule has 1 aromatic rings. The zero-order valence-electron chi connectivity index (χ0n) is 21.9. The number of anilines is 1. The first-order valence-electron chi connectivity index (χ1n) is 12.4. The summed E-state index contributed by atoms with van der Waals surface area (Å²) in [5.41, 5.74) is 0.950. The summed E-state index contributed by atoms with van der Waals surface area (Å²) in [7, 11) is 7.10. The molecule has 9 nitrogen and oxygen atoms in total. The molecule has 9 heteroatoms. The highest BCUT2D eigenvalue weighted by Gasteiger charge is 2.31. The highest BCUT2D eigenvalue weighted by molar-refractivity contribution is 6.00. The number of nitrogens with one attached hydrogen (secondary N) is 1. The Hall–Kier alpha value is -2.65. The molecule has 1 aliphatic heterocycles. The lowest BCUT2D eigenvalue weighted by Gasteiger charge is -2.36. The molecule has 1 aromatic carbocycles. The molecular weight excluding hydrogens is 448 g/mol. The van der Waals surface area contributed by atoms with E-state index in [4.69, 9.17) is 9.47 Å². The van der Waals surface area contributed by atoms with Crippen LogP contribution in [0.1, 0.15) is 43.5 Å². The average molecular weight is 489 g/mol. The average Bonchev–Trinajstić information content (AvgIpc) is 2.76. The summed E-state index contributed by atoms with van der Waals surface area (Å²) in [6.45, 7) is 5.38. The summed E-state index contributed by atoms with van der Waals surface area (Å²) < 4.78 is 11.9. The molecule has 0 bridgehead atoms. The van der Waals surface area contributed by atoms with Gasteiger partial charge in [0.2, 0.25) is 11.8 Å². The summed E-state index contributed by atoms with van der Waals surface area (Å²) in [5.74, 6) is 0.268. The highest BCUT2D eigenvalue weighted by Crippen LogP contribution is 2.30. The number of methoxy groups -OCH3 is 1. The van der Waals surface area contributed by atoms with E-state index < -0.39 is 0 Å². The monoisotopic (exact) mass is 488 g/mol. The Morgan fingerprint density at radius 2 is 1.91 bits per heavy atom. The molecule has 2 aliphatic rings. The number of hydrogen-bond donors (Lipinski definition) is 1. The molecule has 0 saturated heterocycles. The fourth-order valence-electron chi connectivity index (χ4n) is 4.48. The van der Waals surface area contributed by atoms with Crippen molar-refractivity contribution in [2.75, 3.05) is 59.8 Å². The SMILES string of the molecule is CO[C@H]1CN(C)C(=O)c2cc(NC(=O)C3CCC3)ccc2OC[C@H](C)N(C(=O)CN(C)C)C[C@H]1C. The van der Waals surface area contributed by atoms with E-state index in [0.717, 1.165) is 19.3 Å². The maximum Gasteiger partial charge on any atom is 0.257 e. The van der Waals surface area contributed by atoms with Gasteiger partial charge in [0, 0.05) is 44.8 Å². The lowest BCUT2D eigenvalue weighted by atomic mass is 9.85. The third-order valence-electron chi connectivity index (χ3n) is 6.96. The Bertz CT molecular complexity index is 917. The molecule has 1 N–H and O–H groups in total. The number of hydrogen-bond acceptors (Lipinski definition) is 6. The van der Waals surface area contributed by atoms with Crippen LogP contribution in [0.3, 0.4) is 0 Å². The molecule has 0 spiro atoms. The molecular formula is C26H40N4O5. The molecule has 1 heterocycles. The van der Waals surface area contributed by atoms with Crippen LogP contribution in [0, 0.1) is 11.8 Å². The van der Waals surface area contributed by atoms with E-state index >= 15 is 0 Å². The van der Waals surface area contributed by atoms with Crippen molar-refractivity contribution in [2.24, 2.45) is 11.8 Å². The third kappa shape index (κ3) is 6.73. The van der Waals surface area contributed by atoms with Crippen LogP contribution in [0.2, 0.25) is 0 Å². The largest absolute Gasteiger partial charge is 0.491 e. The molecule has 1 saturated carbocycles. The number of nitrogens with zero attached hydrogens (tertiary/aromatic N) is 3. The second kappa shape index (κ2) is 11.9. The van der Waals surface area contributed by atoms with Crippen molar-refractivity contribution < 1.29 is 23.9 Å². The number of ether oxygens (including phenoxy) is 2. The topological polar surface area (TPSA) is 91.4 Å². The zero-order chi connectivity index (χ0) is 25.7. The molecule has 3 atom stereocenters. The Balaban J connectivity index is 1.91. The summed E-state index contributed by atoms with van der Waals surface area (Å²) in [4.78, 5) is 44.3. The van der Waals surface area contributed by atoms with Crippen LogP contribution in [0.15, 0.2) is 18.2 Å². The minimum Gasteiger partial charge on any atom is -0.491 e. The molecule has 0 unspecified atom stereocenters. The van der Waals surface area contributed by atoms with Crippen LogP contribution in [-0.2, 0) is 14.3 Å². The molecule has 35 heavy (non-hydrogen) atoms. The number of carbonyl (C=O) groups is 3. The van der Waals surface area contributed by atoms with Crippen LogP contribution in [0.25, 0.3) is 0 Å². The van der Waals surface area contributed by atoms with Gasteiger partial charge in [-0.15, -0.1) is 0 Å². The van der Waals surface area contributed by atoms with E-state index in [0.29, 0.717) is 36.6 Å². The van der Waals surface area contributed by atoms with Gasteiger partial charge in [-0.1, -0.05) is 13.3 Å². The van der Waals surface area contributed by atoms with E-state index in [-0.39, 0.29) is 48.3 Å². The number of carbonyl (C=O) groups excluding carboxylic acids is 3. The zero-order valence-corrected chi connectivity index (χ0v) is 21.9. The Labute approximate surface area is 208 Å². The number of benzene rings is 1. The molecule has 0 aromatic heterocycles. The number of likely N-dealkylation sites (N-methyl/N-ethyl adjacent to an activating group) is 2. The van der Waals surface area contributed by atoms with Crippen molar-refractivity contribution >= 4 is 23.4 Å². The highest BCUT2D eigenvalue weighted by atomic mass is 16.5. The normalized spacial score (nSPS) is 24.1. The predicted octanol–water partition coefficient (Wildman–Crippen LogP) is 2.32. The predicted molar refractivity (Wildman–Crippen MR) is 135 cm³/mol. The quantitative estimate of drug-likeness (QED) is 0.684. The molecule has 194 valence electrons. The van der Waals surface area contributed by atoms with Crippen molar-refractivity contribution in [3.63, 3.8) is 0 Å². The van der Waals surface area contributed by atoms with Gasteiger partial charge in [-0.25, -0.2) is 0 Å². The minimum atomic E-state index is -0.254. The number of rotatable bonds is 5. The van der Waals surface area contributed by atoms with Gasteiger partial charge in [-0.3, -0.25) is 14.4 Å². The van der Waals surface area contributed by atoms with Crippen molar-refractivity contribution in [3.05, 3.63) is 23.8 Å². The molecule has 1 fully saturated rings. The van der Waals surface area contributed by atoms with Crippen molar-refractivity contribution in [1.82, 2.24) is 14.7 Å². The van der Waals surface area contributed by atoms with Gasteiger partial charge in [-0.05, 0) is 52.1 Å². The summed E-state index contributed by atoms with van der Waals surface area (Å²) >= 11 is 0. The van der Waals surface area contributed by atoms with Gasteiger partial charge in [0.1, 0.15) is 12.4 Å². The maximum absolute atomic E-state index is 13.4. The van der Waals surface area contributed by atoms with Crippen molar-refractivity contribution in [1.29, 1.82) is 0 Å². The first kappa shape index (κ1) is 26.9. The van der Waals surface area contributed by atoms with Crippen LogP contribution in [-0.4, -0.2) is 99.1 Å². The van der Waals surface area contributed by atoms with E-state index in [1.165, 1.54) is 0 Å². The number of amides is 3. The molecule has 3 amide bonds. The van der Waals surface area contributed by atoms with Gasteiger partial charge in [0.05, 0.1) is 24.3 Å². The Morgan fingerprint density at radius 3 is 2.51 bits per heavy atom. The lowest BCUT2D eigenvalue weighted by molar-refractivity contribution is -0.136. The first-order chi connectivity index (χ1) is 16.6. The fourth-order valence-corrected chi connectivity index (χ4v) is 4.48. The van der Waals surface area contributed by atoms with Gasteiger partial charge >= 0.3 is 0 Å². The second-order valence-corrected chi connectivity index (χ2v) is 10.2. The van der Waals surface area contributed by atoms with Crippen LogP contribution >= 0.6 is 0 Å². The molecule has 0 radical (unpaired) electrons.